The predicted molar refractivity (Wildman–Crippen MR) is 147 cm³/mol. The van der Waals surface area contributed by atoms with Crippen molar-refractivity contribution in [2.75, 3.05) is 11.8 Å². The van der Waals surface area contributed by atoms with E-state index in [4.69, 9.17) is 5.21 Å². The molecule has 2 aromatic rings. The molecule has 0 aliphatic rings. The highest BCUT2D eigenvalue weighted by Crippen LogP contribution is 2.17. The first-order chi connectivity index (χ1) is 18.3. The summed E-state index contributed by atoms with van der Waals surface area (Å²) in [6, 6.07) is 12.5. The molecule has 0 saturated heterocycles. The van der Waals surface area contributed by atoms with Gasteiger partial charge in [0.25, 0.3) is 5.91 Å². The van der Waals surface area contributed by atoms with Gasteiger partial charge >= 0.3 is 11.9 Å². The van der Waals surface area contributed by atoms with Crippen molar-refractivity contribution >= 4 is 23.5 Å². The van der Waals surface area contributed by atoms with E-state index in [1.165, 1.54) is 75.6 Å². The Labute approximate surface area is 225 Å². The molecule has 0 aliphatic heterocycles. The molecule has 3 N–H and O–H groups in total. The topological polar surface area (TPSA) is 133 Å². The van der Waals surface area contributed by atoms with Gasteiger partial charge in [0.15, 0.2) is 0 Å². The van der Waals surface area contributed by atoms with Gasteiger partial charge in [-0.3, -0.25) is 14.8 Å². The van der Waals surface area contributed by atoms with E-state index >= 15 is 0 Å². The van der Waals surface area contributed by atoms with Gasteiger partial charge in [-0.2, -0.15) is 0 Å². The molecule has 9 heteroatoms. The molecule has 0 fully saturated rings. The molecule has 0 aromatic heterocycles. The molecule has 208 valence electrons. The summed E-state index contributed by atoms with van der Waals surface area (Å²) in [6.45, 7) is 2.78. The van der Waals surface area contributed by atoms with Gasteiger partial charge in [-0.05, 0) is 41.8 Å². The van der Waals surface area contributed by atoms with Crippen LogP contribution in [0.2, 0.25) is 0 Å². The number of carbonyl (C=O) groups excluding carboxylic acids is 2. The van der Waals surface area contributed by atoms with Gasteiger partial charge in [-0.15, -0.1) is 0 Å². The van der Waals surface area contributed by atoms with Gasteiger partial charge in [0, 0.05) is 25.2 Å². The first-order valence-electron chi connectivity index (χ1n) is 13.5. The Balaban J connectivity index is 1.84. The minimum absolute atomic E-state index is 0.0138. The number of nitrogens with one attached hydrogen (secondary N) is 1. The second-order valence-electron chi connectivity index (χ2n) is 9.54. The van der Waals surface area contributed by atoms with E-state index in [9.17, 15) is 24.7 Å². The molecule has 0 heterocycles. The highest BCUT2D eigenvalue weighted by molar-refractivity contribution is 6.31. The summed E-state index contributed by atoms with van der Waals surface area (Å²) >= 11 is 0. The third-order valence-electron chi connectivity index (χ3n) is 6.38. The smallest absolute Gasteiger partial charge is 0.394 e. The number of carboxylic acids is 1. The average molecular weight is 527 g/mol. The van der Waals surface area contributed by atoms with Gasteiger partial charge in [-0.1, -0.05) is 89.0 Å². The maximum Gasteiger partial charge on any atom is 0.394 e. The van der Waals surface area contributed by atoms with E-state index < -0.39 is 11.9 Å². The van der Waals surface area contributed by atoms with Crippen LogP contribution in [0.1, 0.15) is 92.6 Å². The van der Waals surface area contributed by atoms with E-state index in [2.05, 4.69) is 12.2 Å². The third-order valence-corrected chi connectivity index (χ3v) is 6.38. The van der Waals surface area contributed by atoms with E-state index in [0.717, 1.165) is 17.7 Å². The average Bonchev–Trinajstić information content (AvgIpc) is 2.91. The van der Waals surface area contributed by atoms with Gasteiger partial charge in [0.1, 0.15) is 0 Å². The number of unbranched alkanes of at least 4 members (excludes halogenated alkanes) is 9. The quantitative estimate of drug-likeness (QED) is 0.138. The zero-order valence-corrected chi connectivity index (χ0v) is 22.2. The lowest BCUT2D eigenvalue weighted by molar-refractivity contribution is -0.156. The van der Waals surface area contributed by atoms with E-state index in [0.29, 0.717) is 23.2 Å². The lowest BCUT2D eigenvalue weighted by Crippen LogP contribution is -2.35. The minimum Gasteiger partial charge on any atom is -0.733 e. The molecule has 0 atom stereocenters. The van der Waals surface area contributed by atoms with Crippen LogP contribution in [0.25, 0.3) is 0 Å². The van der Waals surface area contributed by atoms with E-state index in [-0.39, 0.29) is 29.9 Å². The standard InChI is InChI=1S/C29H40N3O6/c1-2-3-4-5-6-7-8-9-10-11-19-30-27(33)25-14-12-13-24(20-25)22-31(28(34)29(35)36)21-23-15-17-26(18-16-23)32(37)38/h12-18,20,37H,2-11,19,21-22H2,1H3,(H,30,33)(H,35,36)/q-1. The Morgan fingerprint density at radius 2 is 1.39 bits per heavy atom. The maximum absolute atomic E-state index is 12.6. The molecular formula is C29H40N3O6-. The monoisotopic (exact) mass is 526 g/mol. The Hall–Kier alpha value is -3.43. The lowest BCUT2D eigenvalue weighted by atomic mass is 10.1. The van der Waals surface area contributed by atoms with Gasteiger partial charge in [-0.25, -0.2) is 4.79 Å². The highest BCUT2D eigenvalue weighted by Gasteiger charge is 2.22. The maximum atomic E-state index is 12.6. The first kappa shape index (κ1) is 30.8. The molecule has 2 amide bonds. The number of anilines is 1. The SMILES string of the molecule is CCCCCCCCCCCCNC(=O)c1cccc(CN(Cc2ccc(N([O-])O)cc2)C(=O)C(=O)O)c1. The fraction of sp³-hybridized carbons (Fsp3) is 0.483. The number of benzene rings is 2. The van der Waals surface area contributed by atoms with Crippen molar-refractivity contribution in [3.8, 4) is 0 Å². The highest BCUT2D eigenvalue weighted by atomic mass is 16.8. The zero-order chi connectivity index (χ0) is 27.8. The largest absolute Gasteiger partial charge is 0.733 e. The number of carboxylic acid groups (broad SMARTS) is 1. The summed E-state index contributed by atoms with van der Waals surface area (Å²) in [4.78, 5) is 37.5. The van der Waals surface area contributed by atoms with Crippen LogP contribution in [0, 0.1) is 5.21 Å². The summed E-state index contributed by atoms with van der Waals surface area (Å²) in [5, 5.41) is 31.9. The summed E-state index contributed by atoms with van der Waals surface area (Å²) < 4.78 is 0. The second-order valence-corrected chi connectivity index (χ2v) is 9.54. The van der Waals surface area contributed by atoms with Crippen molar-refractivity contribution in [1.29, 1.82) is 0 Å². The normalized spacial score (nSPS) is 10.7. The molecule has 0 saturated carbocycles. The van der Waals surface area contributed by atoms with Crippen LogP contribution in [0.15, 0.2) is 48.5 Å². The molecule has 38 heavy (non-hydrogen) atoms. The van der Waals surface area contributed by atoms with Crippen LogP contribution in [0.4, 0.5) is 5.69 Å². The zero-order valence-electron chi connectivity index (χ0n) is 22.2. The summed E-state index contributed by atoms with van der Waals surface area (Å²) in [5.41, 5.74) is 1.65. The first-order valence-corrected chi connectivity index (χ1v) is 13.5. The molecule has 0 radical (unpaired) electrons. The summed E-state index contributed by atoms with van der Waals surface area (Å²) in [5.74, 6) is -2.88. The number of hydrogen-bond acceptors (Lipinski definition) is 6. The van der Waals surface area contributed by atoms with E-state index in [1.54, 1.807) is 24.3 Å². The fourth-order valence-corrected chi connectivity index (χ4v) is 4.23. The van der Waals surface area contributed by atoms with Crippen LogP contribution < -0.4 is 10.5 Å². The number of hydrogen-bond donors (Lipinski definition) is 3. The Morgan fingerprint density at radius 3 is 1.97 bits per heavy atom. The molecule has 2 rings (SSSR count). The predicted octanol–water partition coefficient (Wildman–Crippen LogP) is 5.64. The van der Waals surface area contributed by atoms with Crippen LogP contribution in [0.3, 0.4) is 0 Å². The van der Waals surface area contributed by atoms with Crippen molar-refractivity contribution < 1.29 is 24.7 Å². The van der Waals surface area contributed by atoms with Crippen LogP contribution in [-0.4, -0.2) is 39.5 Å². The van der Waals surface area contributed by atoms with Crippen molar-refractivity contribution in [1.82, 2.24) is 10.2 Å². The number of amides is 2. The minimum atomic E-state index is -1.59. The van der Waals surface area contributed by atoms with Crippen molar-refractivity contribution in [3.63, 3.8) is 0 Å². The van der Waals surface area contributed by atoms with Crippen molar-refractivity contribution in [2.45, 2.75) is 84.2 Å². The summed E-state index contributed by atoms with van der Waals surface area (Å²) in [6.07, 6.45) is 12.2. The number of aliphatic carboxylic acids is 1. The second kappa shape index (κ2) is 17.1. The van der Waals surface area contributed by atoms with Crippen molar-refractivity contribution in [3.05, 3.63) is 70.4 Å². The third kappa shape index (κ3) is 11.3. The van der Waals surface area contributed by atoms with Gasteiger partial charge in [0.2, 0.25) is 0 Å². The Kier molecular flexibility index (Phi) is 13.9. The van der Waals surface area contributed by atoms with Crippen LogP contribution >= 0.6 is 0 Å². The molecule has 0 aliphatic carbocycles. The molecular weight excluding hydrogens is 486 g/mol. The molecule has 0 spiro atoms. The fourth-order valence-electron chi connectivity index (χ4n) is 4.23. The van der Waals surface area contributed by atoms with Gasteiger partial charge in [0.05, 0.1) is 5.69 Å². The van der Waals surface area contributed by atoms with Crippen LogP contribution in [0.5, 0.6) is 0 Å². The van der Waals surface area contributed by atoms with Crippen LogP contribution in [-0.2, 0) is 22.7 Å². The summed E-state index contributed by atoms with van der Waals surface area (Å²) in [7, 11) is 0. The van der Waals surface area contributed by atoms with Gasteiger partial charge < -0.3 is 25.8 Å². The molecule has 2 aromatic carbocycles. The number of rotatable bonds is 17. The number of carbonyl (C=O) groups is 3. The number of nitrogens with zero attached hydrogens (tertiary/aromatic N) is 2. The van der Waals surface area contributed by atoms with E-state index in [1.807, 2.05) is 0 Å². The molecule has 0 bridgehead atoms. The molecule has 9 nitrogen and oxygen atoms in total. The van der Waals surface area contributed by atoms with Crippen molar-refractivity contribution in [2.24, 2.45) is 0 Å². The Morgan fingerprint density at radius 1 is 0.816 bits per heavy atom. The lowest BCUT2D eigenvalue weighted by Gasteiger charge is -2.23. The molecule has 0 unspecified atom stereocenters. The Bertz CT molecular complexity index is 1010.